The van der Waals surface area contributed by atoms with Crippen molar-refractivity contribution in [2.24, 2.45) is 0 Å². The third kappa shape index (κ3) is 3.10. The van der Waals surface area contributed by atoms with Gasteiger partial charge in [0.05, 0.1) is 17.4 Å². The molecule has 0 aromatic heterocycles. The Labute approximate surface area is 150 Å². The maximum absolute atomic E-state index is 12.8. The third-order valence-electron chi connectivity index (χ3n) is 3.66. The number of nitrogens with zero attached hydrogens (tertiary/aromatic N) is 1. The van der Waals surface area contributed by atoms with E-state index in [1.54, 1.807) is 48.5 Å². The molecule has 0 radical (unpaired) electrons. The molecule has 0 aliphatic carbocycles. The first-order valence-corrected chi connectivity index (χ1v) is 8.11. The van der Waals surface area contributed by atoms with Gasteiger partial charge in [-0.1, -0.05) is 35.9 Å². The van der Waals surface area contributed by atoms with Crippen LogP contribution in [0.2, 0.25) is 5.02 Å². The van der Waals surface area contributed by atoms with Crippen LogP contribution in [0.4, 0.5) is 5.69 Å². The van der Waals surface area contributed by atoms with E-state index in [4.69, 9.17) is 16.3 Å². The Hall–Kier alpha value is -2.79. The van der Waals surface area contributed by atoms with E-state index in [0.717, 1.165) is 4.90 Å². The average molecular weight is 358 g/mol. The van der Waals surface area contributed by atoms with Crippen molar-refractivity contribution in [2.75, 3.05) is 4.90 Å². The van der Waals surface area contributed by atoms with Crippen LogP contribution in [0.3, 0.4) is 0 Å². The summed E-state index contributed by atoms with van der Waals surface area (Å²) < 4.78 is 5.68. The highest BCUT2D eigenvalue weighted by Gasteiger charge is 2.41. The van der Waals surface area contributed by atoms with E-state index in [0.29, 0.717) is 22.0 Å². The number of hydrogen-bond donors (Lipinski definition) is 1. The van der Waals surface area contributed by atoms with Gasteiger partial charge in [0.1, 0.15) is 5.75 Å². The Balaban J connectivity index is 2.04. The quantitative estimate of drug-likeness (QED) is 0.841. The monoisotopic (exact) mass is 357 g/mol. The lowest BCUT2D eigenvalue weighted by Gasteiger charge is -2.20. The number of carbonyl (C=O) groups is 2. The molecule has 6 heteroatoms. The lowest BCUT2D eigenvalue weighted by Crippen LogP contribution is -2.32. The molecule has 2 aromatic rings. The molecule has 0 atom stereocenters. The van der Waals surface area contributed by atoms with Gasteiger partial charge in [0.15, 0.2) is 5.76 Å². The van der Waals surface area contributed by atoms with Gasteiger partial charge in [-0.15, -0.1) is 0 Å². The molecule has 128 valence electrons. The fraction of sp³-hybridized carbons (Fsp3) is 0.158. The maximum atomic E-state index is 12.8. The number of ether oxygens (including phenoxy) is 1. The Bertz CT molecular complexity index is 871. The fourth-order valence-corrected chi connectivity index (χ4v) is 2.74. The predicted octanol–water partition coefficient (Wildman–Crippen LogP) is 3.97. The van der Waals surface area contributed by atoms with E-state index >= 15 is 0 Å². The van der Waals surface area contributed by atoms with Crippen molar-refractivity contribution < 1.29 is 19.4 Å². The molecule has 0 spiro atoms. The van der Waals surface area contributed by atoms with Gasteiger partial charge in [0.2, 0.25) is 0 Å². The summed E-state index contributed by atoms with van der Waals surface area (Å²) in [6.07, 6.45) is -0.133. The fourth-order valence-electron chi connectivity index (χ4n) is 2.61. The highest BCUT2D eigenvalue weighted by atomic mass is 35.5. The standard InChI is InChI=1S/C19H16ClNO4/c1-11(2)25-15-6-4-3-5-14(15)21-18(23)16(17(22)19(21)24)12-7-9-13(20)10-8-12/h3-11,22H,1-2H3. The summed E-state index contributed by atoms with van der Waals surface area (Å²) in [5, 5.41) is 10.7. The van der Waals surface area contributed by atoms with Gasteiger partial charge in [-0.2, -0.15) is 0 Å². The average Bonchev–Trinajstić information content (AvgIpc) is 2.79. The number of imide groups is 1. The van der Waals surface area contributed by atoms with Crippen LogP contribution < -0.4 is 9.64 Å². The number of para-hydroxylation sites is 2. The molecular weight excluding hydrogens is 342 g/mol. The number of anilines is 1. The van der Waals surface area contributed by atoms with Gasteiger partial charge in [0.25, 0.3) is 5.91 Å². The van der Waals surface area contributed by atoms with Gasteiger partial charge in [-0.3, -0.25) is 9.59 Å². The molecule has 0 saturated heterocycles. The summed E-state index contributed by atoms with van der Waals surface area (Å²) in [5.74, 6) is -1.59. The van der Waals surface area contributed by atoms with Crippen molar-refractivity contribution in [3.05, 3.63) is 64.9 Å². The molecule has 0 unspecified atom stereocenters. The highest BCUT2D eigenvalue weighted by molar-refractivity contribution is 6.45. The minimum Gasteiger partial charge on any atom is -0.502 e. The minimum atomic E-state index is -0.783. The zero-order valence-corrected chi connectivity index (χ0v) is 14.4. The highest BCUT2D eigenvalue weighted by Crippen LogP contribution is 2.37. The van der Waals surface area contributed by atoms with Crippen LogP contribution >= 0.6 is 11.6 Å². The molecule has 0 fully saturated rings. The second-order valence-electron chi connectivity index (χ2n) is 5.81. The van der Waals surface area contributed by atoms with E-state index < -0.39 is 17.6 Å². The predicted molar refractivity (Wildman–Crippen MR) is 95.7 cm³/mol. The molecular formula is C19H16ClNO4. The molecule has 1 aliphatic rings. The number of hydrogen-bond acceptors (Lipinski definition) is 4. The maximum Gasteiger partial charge on any atom is 0.301 e. The van der Waals surface area contributed by atoms with Gasteiger partial charge >= 0.3 is 5.91 Å². The SMILES string of the molecule is CC(C)Oc1ccccc1N1C(=O)C(O)=C(c2ccc(Cl)cc2)C1=O. The molecule has 0 bridgehead atoms. The minimum absolute atomic E-state index is 0.0546. The van der Waals surface area contributed by atoms with Crippen molar-refractivity contribution in [3.63, 3.8) is 0 Å². The second-order valence-corrected chi connectivity index (χ2v) is 6.25. The second kappa shape index (κ2) is 6.61. The third-order valence-corrected chi connectivity index (χ3v) is 3.91. The molecule has 5 nitrogen and oxygen atoms in total. The summed E-state index contributed by atoms with van der Waals surface area (Å²) in [6, 6.07) is 13.1. The van der Waals surface area contributed by atoms with Gasteiger partial charge in [-0.25, -0.2) is 4.90 Å². The zero-order chi connectivity index (χ0) is 18.1. The van der Waals surface area contributed by atoms with Crippen LogP contribution in [-0.2, 0) is 9.59 Å². The lowest BCUT2D eigenvalue weighted by molar-refractivity contribution is -0.121. The van der Waals surface area contributed by atoms with Crippen LogP contribution in [0.25, 0.3) is 5.57 Å². The van der Waals surface area contributed by atoms with Crippen LogP contribution in [0.15, 0.2) is 54.3 Å². The Morgan fingerprint density at radius 1 is 1.00 bits per heavy atom. The van der Waals surface area contributed by atoms with Crippen LogP contribution in [0, 0.1) is 0 Å². The largest absolute Gasteiger partial charge is 0.502 e. The Morgan fingerprint density at radius 2 is 1.64 bits per heavy atom. The number of benzene rings is 2. The molecule has 1 heterocycles. The van der Waals surface area contributed by atoms with Crippen molar-refractivity contribution in [1.29, 1.82) is 0 Å². The summed E-state index contributed by atoms with van der Waals surface area (Å²) in [7, 11) is 0. The molecule has 3 rings (SSSR count). The summed E-state index contributed by atoms with van der Waals surface area (Å²) in [6.45, 7) is 3.69. The number of aliphatic hydroxyl groups is 1. The van der Waals surface area contributed by atoms with Crippen molar-refractivity contribution >= 4 is 34.7 Å². The van der Waals surface area contributed by atoms with E-state index in [2.05, 4.69) is 0 Å². The summed E-state index contributed by atoms with van der Waals surface area (Å²) in [5.41, 5.74) is 0.660. The lowest BCUT2D eigenvalue weighted by atomic mass is 10.1. The first-order chi connectivity index (χ1) is 11.9. The number of rotatable bonds is 4. The normalized spacial score (nSPS) is 14.6. The van der Waals surface area contributed by atoms with Gasteiger partial charge in [-0.05, 0) is 43.7 Å². The summed E-state index contributed by atoms with van der Waals surface area (Å²) in [4.78, 5) is 26.3. The summed E-state index contributed by atoms with van der Waals surface area (Å²) >= 11 is 5.86. The van der Waals surface area contributed by atoms with Gasteiger partial charge in [0, 0.05) is 5.02 Å². The first-order valence-electron chi connectivity index (χ1n) is 7.73. The molecule has 2 amide bonds. The molecule has 1 aliphatic heterocycles. The van der Waals surface area contributed by atoms with Crippen molar-refractivity contribution in [1.82, 2.24) is 0 Å². The van der Waals surface area contributed by atoms with E-state index in [9.17, 15) is 14.7 Å². The first kappa shape index (κ1) is 17.0. The number of amides is 2. The molecule has 25 heavy (non-hydrogen) atoms. The Kier molecular flexibility index (Phi) is 4.51. The zero-order valence-electron chi connectivity index (χ0n) is 13.7. The molecule has 0 saturated carbocycles. The number of halogens is 1. The van der Waals surface area contributed by atoms with Crippen molar-refractivity contribution in [2.45, 2.75) is 20.0 Å². The number of carbonyl (C=O) groups excluding carboxylic acids is 2. The smallest absolute Gasteiger partial charge is 0.301 e. The van der Waals surface area contributed by atoms with E-state index in [1.165, 1.54) is 0 Å². The topological polar surface area (TPSA) is 66.8 Å². The van der Waals surface area contributed by atoms with Crippen LogP contribution in [0.1, 0.15) is 19.4 Å². The van der Waals surface area contributed by atoms with E-state index in [-0.39, 0.29) is 11.7 Å². The molecule has 2 aromatic carbocycles. The van der Waals surface area contributed by atoms with Crippen LogP contribution in [-0.4, -0.2) is 23.0 Å². The Morgan fingerprint density at radius 3 is 2.28 bits per heavy atom. The number of aliphatic hydroxyl groups excluding tert-OH is 1. The van der Waals surface area contributed by atoms with Crippen molar-refractivity contribution in [3.8, 4) is 5.75 Å². The van der Waals surface area contributed by atoms with Gasteiger partial charge < -0.3 is 9.84 Å². The van der Waals surface area contributed by atoms with E-state index in [1.807, 2.05) is 13.8 Å². The van der Waals surface area contributed by atoms with Crippen LogP contribution in [0.5, 0.6) is 5.75 Å². The molecule has 1 N–H and O–H groups in total.